The highest BCUT2D eigenvalue weighted by molar-refractivity contribution is 9.10. The van der Waals surface area contributed by atoms with Gasteiger partial charge in [-0.25, -0.2) is 4.52 Å². The third-order valence-electron chi connectivity index (χ3n) is 3.99. The van der Waals surface area contributed by atoms with Gasteiger partial charge in [0, 0.05) is 28.5 Å². The van der Waals surface area contributed by atoms with Crippen LogP contribution in [0.15, 0.2) is 29.0 Å². The van der Waals surface area contributed by atoms with E-state index in [1.165, 1.54) is 0 Å². The van der Waals surface area contributed by atoms with Crippen LogP contribution >= 0.6 is 15.9 Å². The number of pyridine rings is 1. The molecular weight excluding hydrogens is 310 g/mol. The van der Waals surface area contributed by atoms with Crippen LogP contribution in [-0.2, 0) is 4.74 Å². The smallest absolute Gasteiger partial charge is 0.255 e. The molecule has 1 aliphatic carbocycles. The lowest BCUT2D eigenvalue weighted by atomic mass is 10.2. The first-order valence-corrected chi connectivity index (χ1v) is 7.05. The first kappa shape index (κ1) is 11.4. The van der Waals surface area contributed by atoms with Crippen molar-refractivity contribution in [1.82, 2.24) is 14.9 Å². The number of nitrogens with zero attached hydrogens (tertiary/aromatic N) is 2. The van der Waals surface area contributed by atoms with Gasteiger partial charge in [-0.15, -0.1) is 0 Å². The Labute approximate surface area is 118 Å². The molecule has 2 fully saturated rings. The zero-order valence-electron chi connectivity index (χ0n) is 10.0. The number of ether oxygens (including phenoxy) is 1. The molecule has 1 aliphatic heterocycles. The fourth-order valence-corrected chi connectivity index (χ4v) is 3.40. The molecule has 2 aromatic rings. The molecule has 2 aromatic heterocycles. The number of carbonyl (C=O) groups is 1. The van der Waals surface area contributed by atoms with E-state index < -0.39 is 0 Å². The van der Waals surface area contributed by atoms with Gasteiger partial charge in [0.25, 0.3) is 5.91 Å². The van der Waals surface area contributed by atoms with Crippen LogP contribution in [0.1, 0.15) is 10.4 Å². The molecule has 0 aromatic carbocycles. The number of hydrogen-bond donors (Lipinski definition) is 1. The number of amides is 1. The highest BCUT2D eigenvalue weighted by Crippen LogP contribution is 2.44. The number of rotatable bonds is 2. The highest BCUT2D eigenvalue weighted by Gasteiger charge is 2.54. The van der Waals surface area contributed by atoms with Crippen molar-refractivity contribution in [1.29, 1.82) is 0 Å². The zero-order chi connectivity index (χ0) is 13.0. The standard InChI is InChI=1S/C13H12BrN3O2/c14-10-2-1-3-17-12(10)7(4-15-17)13(18)16-11-8-5-19-6-9(8)11/h1-4,8-9,11H,5-6H2,(H,16,18)/t8-,9+,11?. The van der Waals surface area contributed by atoms with E-state index >= 15 is 0 Å². The third kappa shape index (κ3) is 1.70. The van der Waals surface area contributed by atoms with Crippen molar-refractivity contribution in [3.63, 3.8) is 0 Å². The summed E-state index contributed by atoms with van der Waals surface area (Å²) in [6.45, 7) is 1.54. The largest absolute Gasteiger partial charge is 0.381 e. The van der Waals surface area contributed by atoms with Gasteiger partial charge in [-0.1, -0.05) is 0 Å². The lowest BCUT2D eigenvalue weighted by molar-refractivity contribution is 0.0930. The molecule has 3 atom stereocenters. The predicted molar refractivity (Wildman–Crippen MR) is 71.9 cm³/mol. The van der Waals surface area contributed by atoms with E-state index in [4.69, 9.17) is 4.74 Å². The van der Waals surface area contributed by atoms with Crippen molar-refractivity contribution in [2.75, 3.05) is 13.2 Å². The summed E-state index contributed by atoms with van der Waals surface area (Å²) in [4.78, 5) is 12.3. The summed E-state index contributed by atoms with van der Waals surface area (Å²) >= 11 is 3.46. The molecule has 2 aliphatic rings. The Morgan fingerprint density at radius 3 is 3.05 bits per heavy atom. The van der Waals surface area contributed by atoms with Gasteiger partial charge in [-0.3, -0.25) is 4.79 Å². The van der Waals surface area contributed by atoms with Crippen molar-refractivity contribution < 1.29 is 9.53 Å². The van der Waals surface area contributed by atoms with Crippen LogP contribution in [-0.4, -0.2) is 34.8 Å². The van der Waals surface area contributed by atoms with Crippen LogP contribution < -0.4 is 5.32 Å². The second kappa shape index (κ2) is 4.05. The maximum absolute atomic E-state index is 12.3. The predicted octanol–water partition coefficient (Wildman–Crippen LogP) is 1.47. The number of nitrogens with one attached hydrogen (secondary N) is 1. The first-order valence-electron chi connectivity index (χ1n) is 6.26. The topological polar surface area (TPSA) is 55.6 Å². The fourth-order valence-electron chi connectivity index (χ4n) is 2.85. The first-order chi connectivity index (χ1) is 9.25. The van der Waals surface area contributed by atoms with Gasteiger partial charge in [0.2, 0.25) is 0 Å². The van der Waals surface area contributed by atoms with Crippen LogP contribution in [0.5, 0.6) is 0 Å². The van der Waals surface area contributed by atoms with Crippen LogP contribution in [0.4, 0.5) is 0 Å². The number of hydrogen-bond acceptors (Lipinski definition) is 3. The Kier molecular flexibility index (Phi) is 2.43. The summed E-state index contributed by atoms with van der Waals surface area (Å²) in [6, 6.07) is 4.07. The Bertz CT molecular complexity index is 659. The number of fused-ring (bicyclic) bond motifs is 2. The minimum Gasteiger partial charge on any atom is -0.381 e. The molecule has 98 valence electrons. The maximum Gasteiger partial charge on any atom is 0.255 e. The van der Waals surface area contributed by atoms with E-state index in [1.807, 2.05) is 18.3 Å². The summed E-state index contributed by atoms with van der Waals surface area (Å²) in [5, 5.41) is 7.29. The Balaban J connectivity index is 1.62. The second-order valence-electron chi connectivity index (χ2n) is 5.07. The molecule has 1 amide bonds. The van der Waals surface area contributed by atoms with Crippen molar-refractivity contribution >= 4 is 27.4 Å². The minimum absolute atomic E-state index is 0.0544. The molecular formula is C13H12BrN3O2. The lowest BCUT2D eigenvalue weighted by Crippen LogP contribution is -2.29. The van der Waals surface area contributed by atoms with Gasteiger partial charge in [0.1, 0.15) is 0 Å². The summed E-state index contributed by atoms with van der Waals surface area (Å²) in [5.74, 6) is 0.963. The summed E-state index contributed by atoms with van der Waals surface area (Å²) < 4.78 is 7.90. The van der Waals surface area contributed by atoms with Gasteiger partial charge in [0.15, 0.2) is 0 Å². The molecule has 5 nitrogen and oxygen atoms in total. The van der Waals surface area contributed by atoms with Crippen LogP contribution in [0.2, 0.25) is 0 Å². The van der Waals surface area contributed by atoms with Crippen LogP contribution in [0.25, 0.3) is 5.52 Å². The van der Waals surface area contributed by atoms with E-state index in [0.29, 0.717) is 17.4 Å². The van der Waals surface area contributed by atoms with E-state index in [0.717, 1.165) is 23.2 Å². The van der Waals surface area contributed by atoms with E-state index in [2.05, 4.69) is 26.3 Å². The molecule has 3 heterocycles. The highest BCUT2D eigenvalue weighted by atomic mass is 79.9. The van der Waals surface area contributed by atoms with Gasteiger partial charge < -0.3 is 10.1 Å². The van der Waals surface area contributed by atoms with Crippen molar-refractivity contribution in [2.45, 2.75) is 6.04 Å². The van der Waals surface area contributed by atoms with Crippen LogP contribution in [0.3, 0.4) is 0 Å². The van der Waals surface area contributed by atoms with E-state index in [1.54, 1.807) is 10.7 Å². The Hall–Kier alpha value is -1.40. The lowest BCUT2D eigenvalue weighted by Gasteiger charge is -2.07. The fraction of sp³-hybridized carbons (Fsp3) is 0.385. The summed E-state index contributed by atoms with van der Waals surface area (Å²) in [7, 11) is 0. The molecule has 0 spiro atoms. The van der Waals surface area contributed by atoms with E-state index in [-0.39, 0.29) is 11.9 Å². The number of aromatic nitrogens is 2. The Morgan fingerprint density at radius 1 is 1.47 bits per heavy atom. The molecule has 0 bridgehead atoms. The van der Waals surface area contributed by atoms with Gasteiger partial charge in [-0.2, -0.15) is 5.10 Å². The molecule has 1 saturated heterocycles. The maximum atomic E-state index is 12.3. The molecule has 1 saturated carbocycles. The third-order valence-corrected chi connectivity index (χ3v) is 4.63. The average Bonchev–Trinajstić information content (AvgIpc) is 2.85. The van der Waals surface area contributed by atoms with Gasteiger partial charge in [-0.05, 0) is 28.1 Å². The van der Waals surface area contributed by atoms with Crippen molar-refractivity contribution in [3.05, 3.63) is 34.6 Å². The van der Waals surface area contributed by atoms with Crippen molar-refractivity contribution in [2.24, 2.45) is 11.8 Å². The normalized spacial score (nSPS) is 28.4. The van der Waals surface area contributed by atoms with Crippen LogP contribution in [0, 0.1) is 11.8 Å². The molecule has 0 radical (unpaired) electrons. The second-order valence-corrected chi connectivity index (χ2v) is 5.93. The van der Waals surface area contributed by atoms with Crippen molar-refractivity contribution in [3.8, 4) is 0 Å². The Morgan fingerprint density at radius 2 is 2.26 bits per heavy atom. The quantitative estimate of drug-likeness (QED) is 0.911. The average molecular weight is 322 g/mol. The zero-order valence-corrected chi connectivity index (χ0v) is 11.6. The summed E-state index contributed by atoms with van der Waals surface area (Å²) in [6.07, 6.45) is 3.45. The monoisotopic (exact) mass is 321 g/mol. The molecule has 1 N–H and O–H groups in total. The number of halogens is 1. The summed E-state index contributed by atoms with van der Waals surface area (Å²) in [5.41, 5.74) is 1.42. The number of carbonyl (C=O) groups excluding carboxylic acids is 1. The molecule has 1 unspecified atom stereocenters. The molecule has 6 heteroatoms. The van der Waals surface area contributed by atoms with Gasteiger partial charge >= 0.3 is 0 Å². The minimum atomic E-state index is -0.0544. The van der Waals surface area contributed by atoms with Gasteiger partial charge in [0.05, 0.1) is 30.5 Å². The SMILES string of the molecule is O=C(NC1[C@H]2COC[C@@H]12)c1cnn2cccc(Br)c12. The molecule has 4 rings (SSSR count). The van der Waals surface area contributed by atoms with E-state index in [9.17, 15) is 4.79 Å². The molecule has 19 heavy (non-hydrogen) atoms.